The number of fused-ring (bicyclic) bond motifs is 8. The van der Waals surface area contributed by atoms with E-state index in [4.69, 9.17) is 34.7 Å². The van der Waals surface area contributed by atoms with E-state index < -0.39 is 29.8 Å². The fourth-order valence-electron chi connectivity index (χ4n) is 11.6. The number of nitrogen functional groups attached to an aromatic ring is 1. The molecule has 3 fully saturated rings. The van der Waals surface area contributed by atoms with E-state index in [2.05, 4.69) is 32.1 Å². The molecule has 5 amide bonds. The van der Waals surface area contributed by atoms with Crippen molar-refractivity contribution in [1.82, 2.24) is 50.4 Å². The number of anilines is 2. The van der Waals surface area contributed by atoms with Crippen molar-refractivity contribution in [2.45, 2.75) is 102 Å². The van der Waals surface area contributed by atoms with Crippen molar-refractivity contribution in [2.75, 3.05) is 116 Å². The molecular weight excluding hydrogens is 1150 g/mol. The second kappa shape index (κ2) is 30.4. The lowest BCUT2D eigenvalue weighted by atomic mass is 9.88. The molecule has 466 valence electrons. The number of nitrogens with two attached hydrogens (primary N) is 1. The molecule has 27 heteroatoms. The molecule has 2 aromatic heterocycles. The van der Waals surface area contributed by atoms with Crippen LogP contribution in [0.2, 0.25) is 0 Å². The van der Waals surface area contributed by atoms with Gasteiger partial charge in [-0.15, -0.1) is 11.8 Å². The molecule has 24 nitrogen and oxygen atoms in total. The van der Waals surface area contributed by atoms with E-state index in [1.54, 1.807) is 35.5 Å². The van der Waals surface area contributed by atoms with Gasteiger partial charge in [0.05, 0.1) is 119 Å². The zero-order chi connectivity index (χ0) is 61.6. The number of rotatable bonds is 26. The second-order valence-corrected chi connectivity index (χ2v) is 23.1. The first-order valence-corrected chi connectivity index (χ1v) is 30.7. The van der Waals surface area contributed by atoms with Crippen molar-refractivity contribution in [3.05, 3.63) is 88.4 Å². The predicted molar refractivity (Wildman–Crippen MR) is 318 cm³/mol. The third-order valence-electron chi connectivity index (χ3n) is 16.4. The van der Waals surface area contributed by atoms with Gasteiger partial charge in [0.1, 0.15) is 29.8 Å². The molecule has 0 radical (unpaired) electrons. The van der Waals surface area contributed by atoms with Gasteiger partial charge in [-0.2, -0.15) is 10.4 Å². The van der Waals surface area contributed by atoms with Gasteiger partial charge in [-0.1, -0.05) is 0 Å². The largest absolute Gasteiger partial charge is 0.381 e. The number of benzene rings is 2. The Balaban J connectivity index is 0.637. The number of likely N-dealkylation sites (N-methyl/N-ethyl adjacent to an activating group) is 1. The topological polar surface area (TPSA) is 294 Å². The van der Waals surface area contributed by atoms with Gasteiger partial charge in [-0.3, -0.25) is 38.4 Å². The number of hydrogen-bond donors (Lipinski definition) is 4. The van der Waals surface area contributed by atoms with E-state index in [0.717, 1.165) is 12.8 Å². The van der Waals surface area contributed by atoms with E-state index in [9.17, 15) is 42.8 Å². The zero-order valence-corrected chi connectivity index (χ0v) is 50.2. The summed E-state index contributed by atoms with van der Waals surface area (Å²) in [7, 11) is 3.31. The SMILES string of the molecule is CN[C@H](C)C(=O)N[C@@H](C(=O)N1CCC[C@@H]1C1=NC(C(=O)c2ccc(F)cc2)CS1)C1CCN(C(=O)CCOCCOCCOCCOCCC(=O)NCCn2nc(C#N)c3c2CN(C)C(=O)c2ccc(F)cc2[C@H]2CCCN2c2nc-3cnc2N)CC1. The minimum atomic E-state index is -0.809. The number of halogens is 2. The highest BCUT2D eigenvalue weighted by Gasteiger charge is 2.43. The average molecular weight is 1220 g/mol. The predicted octanol–water partition coefficient (Wildman–Crippen LogP) is 3.68. The maximum absolute atomic E-state index is 14.8. The summed E-state index contributed by atoms with van der Waals surface area (Å²) in [6.07, 6.45) is 5.59. The Morgan fingerprint density at radius 1 is 0.862 bits per heavy atom. The van der Waals surface area contributed by atoms with Gasteiger partial charge in [-0.05, 0) is 106 Å². The molecule has 4 aromatic rings. The van der Waals surface area contributed by atoms with Gasteiger partial charge < -0.3 is 60.2 Å². The van der Waals surface area contributed by atoms with E-state index >= 15 is 0 Å². The van der Waals surface area contributed by atoms with Crippen LogP contribution in [0.5, 0.6) is 0 Å². The molecular formula is C60H76F2N14O10S. The monoisotopic (exact) mass is 1220 g/mol. The molecule has 0 spiro atoms. The minimum Gasteiger partial charge on any atom is -0.381 e. The van der Waals surface area contributed by atoms with Crippen molar-refractivity contribution >= 4 is 63.8 Å². The standard InChI is InChI=1S/C60H76F2N14O10S/c1-37(65-2)57(80)70-53(60(82)75-20-5-7-48(75)58-69-46(36-87-58)54(79)39-8-10-40(61)11-9-39)38-14-21-73(22-15-38)51(78)17-25-84-27-29-86-31-30-85-28-26-83-24-16-50(77)66-18-23-76-49-35-72(3)59(81)42-13-12-41(62)32-43(42)47-6-4-19-74(47)56-55(64)67-34-45(68-56)52(49)44(33-63)71-76/h8-13,32,34,37-38,46-48,53,65H,4-7,14-31,35-36H2,1-3H3,(H2,64,67)(H,66,77)(H,70,80)/t37-,46?,47-,48-,53-/m1/s1. The quantitative estimate of drug-likeness (QED) is 0.0515. The Morgan fingerprint density at radius 3 is 2.23 bits per heavy atom. The van der Waals surface area contributed by atoms with Crippen molar-refractivity contribution in [3.63, 3.8) is 0 Å². The van der Waals surface area contributed by atoms with Crippen molar-refractivity contribution in [3.8, 4) is 17.3 Å². The number of ketones is 1. The van der Waals surface area contributed by atoms with E-state index in [-0.39, 0.29) is 130 Å². The maximum atomic E-state index is 14.8. The molecule has 1 unspecified atom stereocenters. The van der Waals surface area contributed by atoms with Gasteiger partial charge in [0.15, 0.2) is 23.1 Å². The molecule has 5 aliphatic heterocycles. The van der Waals surface area contributed by atoms with Crippen LogP contribution in [0.3, 0.4) is 0 Å². The molecule has 0 saturated carbocycles. The Kier molecular flexibility index (Phi) is 22.4. The Labute approximate surface area is 508 Å². The number of carbonyl (C=O) groups is 6. The normalized spacial score (nSPS) is 19.3. The summed E-state index contributed by atoms with van der Waals surface area (Å²) in [6.45, 7) is 6.05. The summed E-state index contributed by atoms with van der Waals surface area (Å²) >= 11 is 1.46. The first-order chi connectivity index (χ1) is 42.1. The summed E-state index contributed by atoms with van der Waals surface area (Å²) in [6, 6.07) is 9.04. The number of nitrogens with zero attached hydrogens (tertiary/aromatic N) is 10. The number of carbonyl (C=O) groups excluding carboxylic acids is 6. The first-order valence-electron chi connectivity index (χ1n) is 29.7. The lowest BCUT2D eigenvalue weighted by molar-refractivity contribution is -0.140. The number of amides is 5. The van der Waals surface area contributed by atoms with Crippen molar-refractivity contribution in [2.24, 2.45) is 10.9 Å². The van der Waals surface area contributed by atoms with Crippen LogP contribution in [0.4, 0.5) is 20.4 Å². The number of ether oxygens (including phenoxy) is 4. The lowest BCUT2D eigenvalue weighted by Crippen LogP contribution is -2.58. The van der Waals surface area contributed by atoms with Gasteiger partial charge in [-0.25, -0.2) is 18.7 Å². The Hall–Kier alpha value is -7.48. The van der Waals surface area contributed by atoms with Crippen LogP contribution in [-0.4, -0.2) is 204 Å². The highest BCUT2D eigenvalue weighted by Crippen LogP contribution is 2.41. The average Bonchev–Trinajstić information content (AvgIpc) is 2.18. The number of nitrogens with one attached hydrogen (secondary N) is 3. The molecule has 5 atom stereocenters. The third kappa shape index (κ3) is 15.8. The molecule has 87 heavy (non-hydrogen) atoms. The highest BCUT2D eigenvalue weighted by atomic mass is 32.2. The number of nitriles is 1. The Morgan fingerprint density at radius 2 is 1.53 bits per heavy atom. The van der Waals surface area contributed by atoms with Crippen LogP contribution in [0.1, 0.15) is 102 Å². The summed E-state index contributed by atoms with van der Waals surface area (Å²) < 4.78 is 52.4. The molecule has 3 saturated heterocycles. The molecule has 0 aliphatic carbocycles. The number of thioether (sulfide) groups is 1. The maximum Gasteiger partial charge on any atom is 0.254 e. The highest BCUT2D eigenvalue weighted by molar-refractivity contribution is 8.14. The number of aliphatic imine (C=N–C) groups is 1. The Bertz CT molecular complexity index is 3190. The number of piperidine rings is 1. The van der Waals surface area contributed by atoms with Crippen molar-refractivity contribution in [1.29, 1.82) is 5.26 Å². The summed E-state index contributed by atoms with van der Waals surface area (Å²) in [5, 5.41) is 24.4. The van der Waals surface area contributed by atoms with Gasteiger partial charge >= 0.3 is 0 Å². The number of Topliss-reactive ketones (excluding diaryl/α,β-unsaturated/α-hetero) is 1. The third-order valence-corrected chi connectivity index (χ3v) is 17.6. The molecule has 7 heterocycles. The summed E-state index contributed by atoms with van der Waals surface area (Å²) in [4.78, 5) is 102. The minimum absolute atomic E-state index is 0.0151. The second-order valence-electron chi connectivity index (χ2n) is 22.1. The van der Waals surface area contributed by atoms with E-state index in [0.29, 0.717) is 122 Å². The van der Waals surface area contributed by atoms with Crippen LogP contribution in [0, 0.1) is 28.9 Å². The van der Waals surface area contributed by atoms with Crippen LogP contribution in [-0.2, 0) is 51.2 Å². The molecule has 5 N–H and O–H groups in total. The van der Waals surface area contributed by atoms with Crippen LogP contribution >= 0.6 is 11.8 Å². The lowest BCUT2D eigenvalue weighted by Gasteiger charge is -2.38. The van der Waals surface area contributed by atoms with Crippen LogP contribution in [0.25, 0.3) is 11.3 Å². The van der Waals surface area contributed by atoms with Crippen LogP contribution in [0.15, 0.2) is 53.7 Å². The zero-order valence-electron chi connectivity index (χ0n) is 49.3. The first kappa shape index (κ1) is 64.0. The number of hydrogen-bond acceptors (Lipinski definition) is 19. The fraction of sp³-hybridized carbons (Fsp3) is 0.550. The molecule has 9 rings (SSSR count). The summed E-state index contributed by atoms with van der Waals surface area (Å²) in [5.74, 6) is -1.51. The van der Waals surface area contributed by atoms with Gasteiger partial charge in [0.2, 0.25) is 23.6 Å². The number of aromatic nitrogens is 4. The smallest absolute Gasteiger partial charge is 0.254 e. The molecule has 5 aliphatic rings. The number of likely N-dealkylation sites (tertiary alicyclic amines) is 2. The van der Waals surface area contributed by atoms with Gasteiger partial charge in [0, 0.05) is 63.1 Å². The fourth-order valence-corrected chi connectivity index (χ4v) is 12.8. The molecule has 2 aromatic carbocycles. The summed E-state index contributed by atoms with van der Waals surface area (Å²) in [5.41, 5.74) is 8.94. The van der Waals surface area contributed by atoms with E-state index in [1.807, 2.05) is 4.90 Å². The van der Waals surface area contributed by atoms with Crippen molar-refractivity contribution < 1.29 is 56.5 Å². The molecule has 2 bridgehead atoms. The van der Waals surface area contributed by atoms with Crippen LogP contribution < -0.4 is 26.6 Å². The van der Waals surface area contributed by atoms with E-state index in [1.165, 1.54) is 65.3 Å². The van der Waals surface area contributed by atoms with Gasteiger partial charge in [0.25, 0.3) is 5.91 Å².